The number of aliphatic hydroxyl groups excluding tert-OH is 2. The highest BCUT2D eigenvalue weighted by Crippen LogP contribution is 2.28. The van der Waals surface area contributed by atoms with Crippen molar-refractivity contribution in [2.45, 2.75) is 32.2 Å². The molecule has 2 aromatic rings. The van der Waals surface area contributed by atoms with Crippen LogP contribution in [0.15, 0.2) is 54.6 Å². The van der Waals surface area contributed by atoms with Crippen molar-refractivity contribution in [3.63, 3.8) is 0 Å². The Hall–Kier alpha value is -1.72. The Morgan fingerprint density at radius 2 is 1.62 bits per heavy atom. The average Bonchev–Trinajstić information content (AvgIpc) is 2.57. The highest BCUT2D eigenvalue weighted by molar-refractivity contribution is 5.35. The summed E-state index contributed by atoms with van der Waals surface area (Å²) in [6, 6.07) is 18.2. The van der Waals surface area contributed by atoms with E-state index in [-0.39, 0.29) is 12.7 Å². The molecule has 0 aliphatic rings. The van der Waals surface area contributed by atoms with E-state index in [1.54, 1.807) is 6.92 Å². The van der Waals surface area contributed by atoms with Gasteiger partial charge in [-0.25, -0.2) is 0 Å². The molecule has 0 aromatic heterocycles. The van der Waals surface area contributed by atoms with Gasteiger partial charge in [0.1, 0.15) is 6.10 Å². The first kappa shape index (κ1) is 18.6. The predicted molar refractivity (Wildman–Crippen MR) is 96.0 cm³/mol. The van der Waals surface area contributed by atoms with Crippen LogP contribution in [0.1, 0.15) is 29.7 Å². The molecule has 2 rings (SSSR count). The molecular weight excluding hydrogens is 302 g/mol. The van der Waals surface area contributed by atoms with Gasteiger partial charge in [0.05, 0.1) is 18.8 Å². The van der Waals surface area contributed by atoms with Gasteiger partial charge in [-0.05, 0) is 30.5 Å². The first-order chi connectivity index (χ1) is 11.6. The van der Waals surface area contributed by atoms with Crippen molar-refractivity contribution in [3.05, 3.63) is 71.3 Å². The maximum atomic E-state index is 10.1. The minimum atomic E-state index is -0.626. The van der Waals surface area contributed by atoms with Gasteiger partial charge in [0, 0.05) is 13.1 Å². The zero-order valence-electron chi connectivity index (χ0n) is 14.4. The van der Waals surface area contributed by atoms with Gasteiger partial charge in [0.15, 0.2) is 0 Å². The normalized spacial score (nSPS) is 15.0. The molecular formula is C20H27NO3. The molecule has 4 nitrogen and oxygen atoms in total. The molecule has 3 atom stereocenters. The van der Waals surface area contributed by atoms with Crippen molar-refractivity contribution >= 4 is 0 Å². The monoisotopic (exact) mass is 329 g/mol. The Kier molecular flexibility index (Phi) is 7.40. The van der Waals surface area contributed by atoms with Gasteiger partial charge >= 0.3 is 0 Å². The third kappa shape index (κ3) is 5.73. The number of aliphatic hydroxyl groups is 2. The lowest BCUT2D eigenvalue weighted by molar-refractivity contribution is 0.00556. The molecule has 2 aromatic carbocycles. The molecule has 0 unspecified atom stereocenters. The van der Waals surface area contributed by atoms with Crippen molar-refractivity contribution in [1.29, 1.82) is 0 Å². The number of aryl methyl sites for hydroxylation is 1. The Morgan fingerprint density at radius 1 is 0.958 bits per heavy atom. The van der Waals surface area contributed by atoms with E-state index in [1.165, 1.54) is 0 Å². The molecule has 0 saturated carbocycles. The van der Waals surface area contributed by atoms with Crippen LogP contribution in [-0.2, 0) is 4.74 Å². The highest BCUT2D eigenvalue weighted by atomic mass is 16.5. The number of hydrogen-bond donors (Lipinski definition) is 3. The van der Waals surface area contributed by atoms with Crippen molar-refractivity contribution in [2.24, 2.45) is 0 Å². The van der Waals surface area contributed by atoms with Crippen LogP contribution in [-0.4, -0.2) is 42.1 Å². The minimum Gasteiger partial charge on any atom is -0.392 e. The van der Waals surface area contributed by atoms with E-state index in [2.05, 4.69) is 24.4 Å². The Bertz CT molecular complexity index is 601. The fraction of sp³-hybridized carbons (Fsp3) is 0.400. The summed E-state index contributed by atoms with van der Waals surface area (Å²) in [5.41, 5.74) is 3.33. The molecule has 0 spiro atoms. The third-order valence-corrected chi connectivity index (χ3v) is 3.85. The highest BCUT2D eigenvalue weighted by Gasteiger charge is 2.18. The first-order valence-corrected chi connectivity index (χ1v) is 8.37. The molecule has 24 heavy (non-hydrogen) atoms. The first-order valence-electron chi connectivity index (χ1n) is 8.37. The van der Waals surface area contributed by atoms with Crippen molar-refractivity contribution < 1.29 is 14.9 Å². The summed E-state index contributed by atoms with van der Waals surface area (Å²) in [5.74, 6) is 0. The van der Waals surface area contributed by atoms with Gasteiger partial charge in [-0.3, -0.25) is 0 Å². The van der Waals surface area contributed by atoms with E-state index in [0.29, 0.717) is 13.1 Å². The number of rotatable bonds is 9. The second-order valence-corrected chi connectivity index (χ2v) is 6.14. The van der Waals surface area contributed by atoms with Crippen LogP contribution >= 0.6 is 0 Å². The third-order valence-electron chi connectivity index (χ3n) is 3.85. The summed E-state index contributed by atoms with van der Waals surface area (Å²) < 4.78 is 6.06. The van der Waals surface area contributed by atoms with Crippen LogP contribution in [0.25, 0.3) is 0 Å². The van der Waals surface area contributed by atoms with E-state index >= 15 is 0 Å². The van der Waals surface area contributed by atoms with Crippen molar-refractivity contribution in [3.8, 4) is 0 Å². The number of benzene rings is 2. The molecule has 4 heteroatoms. The Balaban J connectivity index is 2.04. The molecule has 0 radical (unpaired) electrons. The van der Waals surface area contributed by atoms with E-state index in [0.717, 1.165) is 16.7 Å². The fourth-order valence-corrected chi connectivity index (χ4v) is 2.60. The number of hydrogen-bond acceptors (Lipinski definition) is 4. The number of ether oxygens (including phenoxy) is 1. The number of nitrogens with one attached hydrogen (secondary N) is 1. The van der Waals surface area contributed by atoms with Gasteiger partial charge in [-0.1, -0.05) is 54.6 Å². The van der Waals surface area contributed by atoms with Crippen LogP contribution in [0.5, 0.6) is 0 Å². The van der Waals surface area contributed by atoms with Crippen LogP contribution in [0.3, 0.4) is 0 Å². The van der Waals surface area contributed by atoms with Crippen molar-refractivity contribution in [2.75, 3.05) is 19.7 Å². The van der Waals surface area contributed by atoms with Crippen LogP contribution in [0.2, 0.25) is 0 Å². The molecule has 3 N–H and O–H groups in total. The molecule has 0 heterocycles. The lowest BCUT2D eigenvalue weighted by Crippen LogP contribution is -2.34. The summed E-state index contributed by atoms with van der Waals surface area (Å²) in [6.07, 6.45) is -1.26. The van der Waals surface area contributed by atoms with Crippen LogP contribution in [0, 0.1) is 6.92 Å². The van der Waals surface area contributed by atoms with Gasteiger partial charge in [0.25, 0.3) is 0 Å². The van der Waals surface area contributed by atoms with Gasteiger partial charge in [0.2, 0.25) is 0 Å². The molecule has 0 amide bonds. The Labute approximate surface area is 144 Å². The second-order valence-electron chi connectivity index (χ2n) is 6.14. The van der Waals surface area contributed by atoms with E-state index < -0.39 is 12.2 Å². The summed E-state index contributed by atoms with van der Waals surface area (Å²) >= 11 is 0. The maximum absolute atomic E-state index is 10.1. The average molecular weight is 329 g/mol. The molecule has 0 fully saturated rings. The minimum absolute atomic E-state index is 0.209. The largest absolute Gasteiger partial charge is 0.392 e. The van der Waals surface area contributed by atoms with Crippen LogP contribution in [0.4, 0.5) is 0 Å². The summed E-state index contributed by atoms with van der Waals surface area (Å²) in [7, 11) is 0. The maximum Gasteiger partial charge on any atom is 0.108 e. The quantitative estimate of drug-likeness (QED) is 0.661. The lowest BCUT2D eigenvalue weighted by Gasteiger charge is -2.23. The van der Waals surface area contributed by atoms with Gasteiger partial charge in [-0.2, -0.15) is 0 Å². The van der Waals surface area contributed by atoms with Crippen LogP contribution < -0.4 is 5.32 Å². The topological polar surface area (TPSA) is 61.7 Å². The van der Waals surface area contributed by atoms with E-state index in [9.17, 15) is 10.2 Å². The molecule has 130 valence electrons. The fourth-order valence-electron chi connectivity index (χ4n) is 2.60. The smallest absolute Gasteiger partial charge is 0.108 e. The molecule has 0 bridgehead atoms. The van der Waals surface area contributed by atoms with Gasteiger partial charge in [-0.15, -0.1) is 0 Å². The zero-order chi connectivity index (χ0) is 17.4. The summed E-state index contributed by atoms with van der Waals surface area (Å²) in [5, 5.41) is 22.4. The summed E-state index contributed by atoms with van der Waals surface area (Å²) in [6.45, 7) is 4.84. The SMILES string of the molecule is Cc1ccccc1[C@H](OC[C@@H](O)CNC[C@H](C)O)c1ccccc1. The Morgan fingerprint density at radius 3 is 2.29 bits per heavy atom. The second kappa shape index (κ2) is 9.55. The standard InChI is InChI=1S/C20H27NO3/c1-15-8-6-7-11-19(15)20(17-9-4-3-5-10-17)24-14-18(23)13-21-12-16(2)22/h3-11,16,18,20-23H,12-14H2,1-2H3/t16-,18-,20+/m0/s1. The van der Waals surface area contributed by atoms with Gasteiger partial charge < -0.3 is 20.3 Å². The zero-order valence-corrected chi connectivity index (χ0v) is 14.4. The molecule has 0 saturated heterocycles. The molecule has 0 aliphatic heterocycles. The molecule has 0 aliphatic carbocycles. The van der Waals surface area contributed by atoms with E-state index in [1.807, 2.05) is 42.5 Å². The summed E-state index contributed by atoms with van der Waals surface area (Å²) in [4.78, 5) is 0. The lowest BCUT2D eigenvalue weighted by atomic mass is 9.97. The van der Waals surface area contributed by atoms with E-state index in [4.69, 9.17) is 4.74 Å². The predicted octanol–water partition coefficient (Wildman–Crippen LogP) is 2.43. The van der Waals surface area contributed by atoms with Crippen molar-refractivity contribution in [1.82, 2.24) is 5.32 Å².